The number of carbonyl (C=O) groups excluding carboxylic acids is 2. The van der Waals surface area contributed by atoms with Crippen LogP contribution >= 0.6 is 0 Å². The molecule has 228 valence electrons. The topological polar surface area (TPSA) is 62.5 Å². The third kappa shape index (κ3) is 4.09. The van der Waals surface area contributed by atoms with Crippen LogP contribution in [0.25, 0.3) is 21.8 Å². The van der Waals surface area contributed by atoms with Gasteiger partial charge in [-0.3, -0.25) is 9.59 Å². The van der Waals surface area contributed by atoms with Crippen molar-refractivity contribution in [3.8, 4) is 11.5 Å². The summed E-state index contributed by atoms with van der Waals surface area (Å²) in [5.41, 5.74) is 8.90. The van der Waals surface area contributed by atoms with Gasteiger partial charge in [-0.15, -0.1) is 0 Å². The third-order valence-corrected chi connectivity index (χ3v) is 10.2. The standard InChI is InChI=1S/2C20H17NO2/c2*22-17-10-5-9-15-19(17)14-8-4-11-18-20(14)21(15)16(12-23-18)13-6-2-1-3-7-13/h2*1-4,6-8,11,16H,5,9-10,12H2. The van der Waals surface area contributed by atoms with Crippen molar-refractivity contribution in [1.82, 2.24) is 9.13 Å². The van der Waals surface area contributed by atoms with E-state index in [1.165, 1.54) is 22.5 Å². The number of fused-ring (bicyclic) bond motifs is 6. The highest BCUT2D eigenvalue weighted by Crippen LogP contribution is 2.44. The number of benzene rings is 4. The van der Waals surface area contributed by atoms with E-state index in [-0.39, 0.29) is 23.7 Å². The number of ketones is 2. The molecule has 0 saturated heterocycles. The number of hydrogen-bond donors (Lipinski definition) is 0. The fourth-order valence-corrected chi connectivity index (χ4v) is 8.21. The molecule has 2 aliphatic heterocycles. The van der Waals surface area contributed by atoms with Crippen LogP contribution in [0.4, 0.5) is 0 Å². The number of aromatic nitrogens is 2. The van der Waals surface area contributed by atoms with Crippen molar-refractivity contribution >= 4 is 33.4 Å². The zero-order valence-electron chi connectivity index (χ0n) is 25.6. The molecule has 0 N–H and O–H groups in total. The maximum atomic E-state index is 12.5. The van der Waals surface area contributed by atoms with Crippen LogP contribution in [0, 0.1) is 0 Å². The monoisotopic (exact) mass is 606 g/mol. The Morgan fingerprint density at radius 3 is 1.37 bits per heavy atom. The summed E-state index contributed by atoms with van der Waals surface area (Å²) in [6, 6.07) is 33.3. The van der Waals surface area contributed by atoms with Crippen molar-refractivity contribution in [3.63, 3.8) is 0 Å². The molecule has 2 atom stereocenters. The second kappa shape index (κ2) is 10.8. The second-order valence-electron chi connectivity index (χ2n) is 12.7. The lowest BCUT2D eigenvalue weighted by molar-refractivity contribution is 0.0964. The van der Waals surface area contributed by atoms with Gasteiger partial charge in [0.2, 0.25) is 0 Å². The molecular formula is C40H34N2O4. The highest BCUT2D eigenvalue weighted by atomic mass is 16.5. The van der Waals surface area contributed by atoms with Crippen LogP contribution in [-0.4, -0.2) is 33.9 Å². The van der Waals surface area contributed by atoms with Crippen molar-refractivity contribution in [2.24, 2.45) is 0 Å². The van der Waals surface area contributed by atoms with Crippen LogP contribution in [-0.2, 0) is 12.8 Å². The number of Topliss-reactive ketones (excluding diaryl/α,β-unsaturated/α-hetero) is 2. The van der Waals surface area contributed by atoms with E-state index in [2.05, 4.69) is 69.8 Å². The minimum absolute atomic E-state index is 0.142. The van der Waals surface area contributed by atoms with E-state index >= 15 is 0 Å². The Hall–Kier alpha value is -5.10. The Kier molecular flexibility index (Phi) is 6.37. The molecule has 4 aromatic carbocycles. The molecule has 2 aromatic heterocycles. The lowest BCUT2D eigenvalue weighted by Crippen LogP contribution is -2.25. The van der Waals surface area contributed by atoms with Crippen LogP contribution in [0.1, 0.15) is 81.0 Å². The Morgan fingerprint density at radius 2 is 0.935 bits per heavy atom. The molecule has 2 unspecified atom stereocenters. The largest absolute Gasteiger partial charge is 0.489 e. The van der Waals surface area contributed by atoms with E-state index < -0.39 is 0 Å². The number of hydrogen-bond acceptors (Lipinski definition) is 4. The molecule has 0 spiro atoms. The smallest absolute Gasteiger partial charge is 0.165 e. The fourth-order valence-electron chi connectivity index (χ4n) is 8.21. The number of nitrogens with zero attached hydrogens (tertiary/aromatic N) is 2. The zero-order valence-corrected chi connectivity index (χ0v) is 25.6. The average molecular weight is 607 g/mol. The SMILES string of the molecule is O=C1CCCc2c1c1cccc3c1n2C(c1ccccc1)CO3.O=C1CCCc2c1c1cccc3c1n2C(c1ccccc1)CO3. The van der Waals surface area contributed by atoms with E-state index in [1.54, 1.807) is 0 Å². The minimum atomic E-state index is 0.142. The molecular weight excluding hydrogens is 572 g/mol. The molecule has 6 aromatic rings. The van der Waals surface area contributed by atoms with Crippen molar-refractivity contribution in [2.75, 3.05) is 13.2 Å². The van der Waals surface area contributed by atoms with Crippen molar-refractivity contribution < 1.29 is 19.1 Å². The molecule has 2 aliphatic carbocycles. The maximum Gasteiger partial charge on any atom is 0.165 e. The van der Waals surface area contributed by atoms with Crippen LogP contribution in [0.5, 0.6) is 11.5 Å². The van der Waals surface area contributed by atoms with Gasteiger partial charge < -0.3 is 18.6 Å². The van der Waals surface area contributed by atoms with Gasteiger partial charge in [-0.05, 0) is 48.9 Å². The molecule has 46 heavy (non-hydrogen) atoms. The summed E-state index contributed by atoms with van der Waals surface area (Å²) in [7, 11) is 0. The quantitative estimate of drug-likeness (QED) is 0.199. The van der Waals surface area contributed by atoms with E-state index in [0.29, 0.717) is 26.1 Å². The first-order chi connectivity index (χ1) is 22.7. The molecule has 0 fully saturated rings. The Morgan fingerprint density at radius 1 is 0.500 bits per heavy atom. The van der Waals surface area contributed by atoms with Gasteiger partial charge in [0.15, 0.2) is 11.6 Å². The highest BCUT2D eigenvalue weighted by Gasteiger charge is 2.35. The number of carbonyl (C=O) groups is 2. The van der Waals surface area contributed by atoms with Crippen LogP contribution in [0.15, 0.2) is 97.1 Å². The molecule has 6 nitrogen and oxygen atoms in total. The van der Waals surface area contributed by atoms with Gasteiger partial charge in [0.25, 0.3) is 0 Å². The Labute approximate surface area is 267 Å². The summed E-state index contributed by atoms with van der Waals surface area (Å²) >= 11 is 0. The Bertz CT molecular complexity index is 2000. The minimum Gasteiger partial charge on any atom is -0.489 e. The van der Waals surface area contributed by atoms with Crippen molar-refractivity contribution in [1.29, 1.82) is 0 Å². The van der Waals surface area contributed by atoms with Gasteiger partial charge in [-0.25, -0.2) is 0 Å². The van der Waals surface area contributed by atoms with Gasteiger partial charge in [0, 0.05) is 46.1 Å². The summed E-state index contributed by atoms with van der Waals surface area (Å²) in [5, 5.41) is 2.12. The average Bonchev–Trinajstić information content (AvgIpc) is 3.64. The predicted octanol–water partition coefficient (Wildman–Crippen LogP) is 8.28. The van der Waals surface area contributed by atoms with Gasteiger partial charge in [0.05, 0.1) is 23.1 Å². The summed E-state index contributed by atoms with van der Waals surface area (Å²) in [4.78, 5) is 25.1. The molecule has 0 radical (unpaired) electrons. The molecule has 0 amide bonds. The molecule has 0 bridgehead atoms. The fraction of sp³-hybridized carbons (Fsp3) is 0.250. The third-order valence-electron chi connectivity index (χ3n) is 10.2. The summed E-state index contributed by atoms with van der Waals surface area (Å²) in [6.45, 7) is 1.23. The molecule has 6 heteroatoms. The van der Waals surface area contributed by atoms with Crippen molar-refractivity contribution in [3.05, 3.63) is 131 Å². The normalized spacial score (nSPS) is 19.5. The van der Waals surface area contributed by atoms with E-state index in [0.717, 1.165) is 70.1 Å². The lowest BCUT2D eigenvalue weighted by atomic mass is 9.94. The van der Waals surface area contributed by atoms with Crippen molar-refractivity contribution in [2.45, 2.75) is 50.6 Å². The zero-order chi connectivity index (χ0) is 30.8. The van der Waals surface area contributed by atoms with Gasteiger partial charge in [0.1, 0.15) is 24.7 Å². The van der Waals surface area contributed by atoms with E-state index in [4.69, 9.17) is 9.47 Å². The van der Waals surface area contributed by atoms with Crippen LogP contribution < -0.4 is 9.47 Å². The first-order valence-electron chi connectivity index (χ1n) is 16.4. The van der Waals surface area contributed by atoms with Gasteiger partial charge >= 0.3 is 0 Å². The van der Waals surface area contributed by atoms with Gasteiger partial charge in [-0.1, -0.05) is 84.9 Å². The number of rotatable bonds is 2. The molecule has 4 aliphatic rings. The molecule has 10 rings (SSSR count). The van der Waals surface area contributed by atoms with E-state index in [9.17, 15) is 9.59 Å². The molecule has 0 saturated carbocycles. The highest BCUT2D eigenvalue weighted by molar-refractivity contribution is 6.12. The second-order valence-corrected chi connectivity index (χ2v) is 12.7. The predicted molar refractivity (Wildman–Crippen MR) is 179 cm³/mol. The Balaban J connectivity index is 0.000000127. The summed E-state index contributed by atoms with van der Waals surface area (Å²) < 4.78 is 16.8. The summed E-state index contributed by atoms with van der Waals surface area (Å²) in [5.74, 6) is 2.36. The summed E-state index contributed by atoms with van der Waals surface area (Å²) in [6.07, 6.45) is 5.15. The van der Waals surface area contributed by atoms with Crippen LogP contribution in [0.2, 0.25) is 0 Å². The lowest BCUT2D eigenvalue weighted by Gasteiger charge is -2.29. The number of para-hydroxylation sites is 2. The van der Waals surface area contributed by atoms with Gasteiger partial charge in [-0.2, -0.15) is 0 Å². The number of ether oxygens (including phenoxy) is 2. The maximum absolute atomic E-state index is 12.5. The first kappa shape index (κ1) is 27.2. The molecule has 4 heterocycles. The van der Waals surface area contributed by atoms with E-state index in [1.807, 2.05) is 36.4 Å². The first-order valence-corrected chi connectivity index (χ1v) is 16.4. The van der Waals surface area contributed by atoms with Crippen LogP contribution in [0.3, 0.4) is 0 Å².